The van der Waals surface area contributed by atoms with Crippen molar-refractivity contribution >= 4 is 21.6 Å². The zero-order valence-corrected chi connectivity index (χ0v) is 19.1. The van der Waals surface area contributed by atoms with Crippen LogP contribution in [0, 0.1) is 6.92 Å². The van der Waals surface area contributed by atoms with Crippen LogP contribution in [0.1, 0.15) is 15.9 Å². The Morgan fingerprint density at radius 1 is 0.969 bits per heavy atom. The zero-order valence-electron chi connectivity index (χ0n) is 18.2. The summed E-state index contributed by atoms with van der Waals surface area (Å²) in [5.41, 5.74) is 1.91. The molecule has 32 heavy (non-hydrogen) atoms. The molecular weight excluding hydrogens is 428 g/mol. The van der Waals surface area contributed by atoms with Gasteiger partial charge in [-0.2, -0.15) is 0 Å². The fourth-order valence-corrected chi connectivity index (χ4v) is 4.04. The fourth-order valence-electron chi connectivity index (χ4n) is 2.98. The molecule has 1 N–H and O–H groups in total. The molecule has 0 aliphatic rings. The highest BCUT2D eigenvalue weighted by Gasteiger charge is 2.17. The Hall–Kier alpha value is -3.52. The Kier molecular flexibility index (Phi) is 7.37. The van der Waals surface area contributed by atoms with Gasteiger partial charge in [0.05, 0.1) is 18.6 Å². The molecule has 0 spiro atoms. The number of anilines is 1. The van der Waals surface area contributed by atoms with Crippen LogP contribution in [0.3, 0.4) is 0 Å². The molecule has 0 fully saturated rings. The van der Waals surface area contributed by atoms with Crippen molar-refractivity contribution in [1.82, 2.24) is 4.90 Å². The van der Waals surface area contributed by atoms with E-state index >= 15 is 0 Å². The SMILES string of the molecule is COc1ccc(NS(=O)(=O)c2ccc(C(=O)N(C)CCOc3cccc(C)c3)cc2)cc1. The summed E-state index contributed by atoms with van der Waals surface area (Å²) in [7, 11) is -0.563. The molecule has 0 heterocycles. The number of nitrogens with zero attached hydrogens (tertiary/aromatic N) is 1. The lowest BCUT2D eigenvalue weighted by atomic mass is 10.2. The monoisotopic (exact) mass is 454 g/mol. The van der Waals surface area contributed by atoms with Gasteiger partial charge in [0.25, 0.3) is 15.9 Å². The van der Waals surface area contributed by atoms with E-state index in [4.69, 9.17) is 9.47 Å². The van der Waals surface area contributed by atoms with Crippen LogP contribution in [0.2, 0.25) is 0 Å². The van der Waals surface area contributed by atoms with Crippen LogP contribution < -0.4 is 14.2 Å². The second kappa shape index (κ2) is 10.2. The van der Waals surface area contributed by atoms with Gasteiger partial charge in [-0.25, -0.2) is 8.42 Å². The van der Waals surface area contributed by atoms with Crippen LogP contribution in [0.5, 0.6) is 11.5 Å². The molecule has 0 radical (unpaired) electrons. The van der Waals surface area contributed by atoms with Crippen LogP contribution in [-0.4, -0.2) is 46.5 Å². The first-order valence-corrected chi connectivity index (χ1v) is 11.5. The number of carbonyl (C=O) groups excluding carboxylic acids is 1. The Morgan fingerprint density at radius 3 is 2.28 bits per heavy atom. The topological polar surface area (TPSA) is 84.9 Å². The number of rotatable bonds is 9. The molecule has 0 saturated carbocycles. The summed E-state index contributed by atoms with van der Waals surface area (Å²) in [6, 6.07) is 20.1. The number of amides is 1. The number of ether oxygens (including phenoxy) is 2. The molecule has 3 aromatic rings. The molecule has 7 nitrogen and oxygen atoms in total. The lowest BCUT2D eigenvalue weighted by molar-refractivity contribution is 0.0773. The van der Waals surface area contributed by atoms with E-state index in [1.165, 1.54) is 36.3 Å². The van der Waals surface area contributed by atoms with E-state index in [0.717, 1.165) is 11.3 Å². The predicted octanol–water partition coefficient (Wildman–Crippen LogP) is 3.96. The van der Waals surface area contributed by atoms with Gasteiger partial charge in [-0.15, -0.1) is 0 Å². The van der Waals surface area contributed by atoms with Crippen molar-refractivity contribution in [2.45, 2.75) is 11.8 Å². The summed E-state index contributed by atoms with van der Waals surface area (Å²) in [6.45, 7) is 2.73. The van der Waals surface area contributed by atoms with Crippen LogP contribution in [0.4, 0.5) is 5.69 Å². The molecule has 3 rings (SSSR count). The largest absolute Gasteiger partial charge is 0.497 e. The average molecular weight is 455 g/mol. The zero-order chi connectivity index (χ0) is 23.1. The maximum absolute atomic E-state index is 12.6. The molecule has 0 atom stereocenters. The van der Waals surface area contributed by atoms with Crippen molar-refractivity contribution in [3.05, 3.63) is 83.9 Å². The number of likely N-dealkylation sites (N-methyl/N-ethyl adjacent to an activating group) is 1. The van der Waals surface area contributed by atoms with Gasteiger partial charge >= 0.3 is 0 Å². The van der Waals surface area contributed by atoms with E-state index in [0.29, 0.717) is 30.2 Å². The van der Waals surface area contributed by atoms with E-state index in [1.54, 1.807) is 31.3 Å². The summed E-state index contributed by atoms with van der Waals surface area (Å²) >= 11 is 0. The van der Waals surface area contributed by atoms with E-state index in [-0.39, 0.29) is 10.8 Å². The first-order valence-electron chi connectivity index (χ1n) is 10.0. The van der Waals surface area contributed by atoms with Crippen molar-refractivity contribution in [3.8, 4) is 11.5 Å². The highest BCUT2D eigenvalue weighted by atomic mass is 32.2. The quantitative estimate of drug-likeness (QED) is 0.529. The van der Waals surface area contributed by atoms with Gasteiger partial charge in [0.15, 0.2) is 0 Å². The molecule has 0 unspecified atom stereocenters. The highest BCUT2D eigenvalue weighted by Crippen LogP contribution is 2.20. The summed E-state index contributed by atoms with van der Waals surface area (Å²) in [6.07, 6.45) is 0. The molecule has 3 aromatic carbocycles. The van der Waals surface area contributed by atoms with E-state index in [2.05, 4.69) is 4.72 Å². The minimum Gasteiger partial charge on any atom is -0.497 e. The number of benzene rings is 3. The lowest BCUT2D eigenvalue weighted by Gasteiger charge is -2.18. The van der Waals surface area contributed by atoms with E-state index in [1.807, 2.05) is 31.2 Å². The first kappa shape index (κ1) is 23.1. The number of aryl methyl sites for hydroxylation is 1. The molecule has 0 bridgehead atoms. The normalized spacial score (nSPS) is 11.0. The standard InChI is InChI=1S/C24H26N2O5S/c1-18-5-4-6-22(17-18)31-16-15-26(2)24(27)19-7-13-23(14-8-19)32(28,29)25-20-9-11-21(30-3)12-10-20/h4-14,17,25H,15-16H2,1-3H3. The van der Waals surface area contributed by atoms with Gasteiger partial charge in [-0.1, -0.05) is 12.1 Å². The second-order valence-corrected chi connectivity index (χ2v) is 8.93. The predicted molar refractivity (Wildman–Crippen MR) is 124 cm³/mol. The maximum atomic E-state index is 12.6. The third-order valence-electron chi connectivity index (χ3n) is 4.79. The molecule has 0 aliphatic carbocycles. The smallest absolute Gasteiger partial charge is 0.261 e. The van der Waals surface area contributed by atoms with Gasteiger partial charge in [0.1, 0.15) is 18.1 Å². The number of methoxy groups -OCH3 is 1. The van der Waals surface area contributed by atoms with Crippen molar-refractivity contribution in [2.75, 3.05) is 32.0 Å². The molecule has 1 amide bonds. The molecule has 8 heteroatoms. The fraction of sp³-hybridized carbons (Fsp3) is 0.208. The second-order valence-electron chi connectivity index (χ2n) is 7.25. The van der Waals surface area contributed by atoms with Crippen LogP contribution in [0.15, 0.2) is 77.7 Å². The van der Waals surface area contributed by atoms with Gasteiger partial charge < -0.3 is 14.4 Å². The van der Waals surface area contributed by atoms with Crippen molar-refractivity contribution in [1.29, 1.82) is 0 Å². The number of carbonyl (C=O) groups is 1. The molecular formula is C24H26N2O5S. The van der Waals surface area contributed by atoms with Crippen LogP contribution in [-0.2, 0) is 10.0 Å². The number of nitrogens with one attached hydrogen (secondary N) is 1. The average Bonchev–Trinajstić information content (AvgIpc) is 2.79. The summed E-state index contributed by atoms with van der Waals surface area (Å²) < 4.78 is 38.5. The maximum Gasteiger partial charge on any atom is 0.261 e. The minimum absolute atomic E-state index is 0.0651. The Morgan fingerprint density at radius 2 is 1.66 bits per heavy atom. The number of sulfonamides is 1. The van der Waals surface area contributed by atoms with Crippen molar-refractivity contribution in [3.63, 3.8) is 0 Å². The third-order valence-corrected chi connectivity index (χ3v) is 6.18. The lowest BCUT2D eigenvalue weighted by Crippen LogP contribution is -2.30. The third kappa shape index (κ3) is 6.01. The minimum atomic E-state index is -3.78. The first-order chi connectivity index (χ1) is 15.3. The molecule has 0 aliphatic heterocycles. The van der Waals surface area contributed by atoms with Gasteiger partial charge in [0.2, 0.25) is 0 Å². The number of hydrogen-bond acceptors (Lipinski definition) is 5. The summed E-state index contributed by atoms with van der Waals surface area (Å²) in [4.78, 5) is 14.2. The van der Waals surface area contributed by atoms with Crippen molar-refractivity contribution in [2.24, 2.45) is 0 Å². The summed E-state index contributed by atoms with van der Waals surface area (Å²) in [5.74, 6) is 1.17. The van der Waals surface area contributed by atoms with E-state index < -0.39 is 10.0 Å². The Labute approximate surface area is 188 Å². The molecule has 0 aromatic heterocycles. The van der Waals surface area contributed by atoms with Gasteiger partial charge in [-0.3, -0.25) is 9.52 Å². The van der Waals surface area contributed by atoms with Gasteiger partial charge in [0, 0.05) is 18.3 Å². The highest BCUT2D eigenvalue weighted by molar-refractivity contribution is 7.92. The molecule has 168 valence electrons. The Balaban J connectivity index is 1.58. The Bertz CT molecular complexity index is 1160. The van der Waals surface area contributed by atoms with E-state index in [9.17, 15) is 13.2 Å². The van der Waals surface area contributed by atoms with Crippen LogP contribution >= 0.6 is 0 Å². The number of hydrogen-bond donors (Lipinski definition) is 1. The van der Waals surface area contributed by atoms with Crippen molar-refractivity contribution < 1.29 is 22.7 Å². The van der Waals surface area contributed by atoms with Crippen LogP contribution in [0.25, 0.3) is 0 Å². The van der Waals surface area contributed by atoms with Gasteiger partial charge in [-0.05, 0) is 73.2 Å². The molecule has 0 saturated heterocycles. The summed E-state index contributed by atoms with van der Waals surface area (Å²) in [5, 5.41) is 0.